The summed E-state index contributed by atoms with van der Waals surface area (Å²) in [5.74, 6) is 0.130. The van der Waals surface area contributed by atoms with Gasteiger partial charge in [-0.1, -0.05) is 43.1 Å². The molecule has 154 valence electrons. The van der Waals surface area contributed by atoms with Gasteiger partial charge in [0.05, 0.1) is 6.61 Å². The van der Waals surface area contributed by atoms with Crippen LogP contribution in [-0.2, 0) is 0 Å². The highest BCUT2D eigenvalue weighted by Gasteiger charge is 2.10. The normalized spacial score (nSPS) is 10.3. The van der Waals surface area contributed by atoms with E-state index in [0.717, 1.165) is 12.8 Å². The van der Waals surface area contributed by atoms with Crippen LogP contribution in [0.5, 0.6) is 5.75 Å². The zero-order valence-electron chi connectivity index (χ0n) is 16.7. The van der Waals surface area contributed by atoms with Crippen molar-refractivity contribution in [2.24, 2.45) is 0 Å². The van der Waals surface area contributed by atoms with E-state index in [1.165, 1.54) is 0 Å². The molecule has 0 heterocycles. The van der Waals surface area contributed by atoms with Crippen LogP contribution in [0.1, 0.15) is 40.5 Å². The van der Waals surface area contributed by atoms with Crippen molar-refractivity contribution in [1.82, 2.24) is 0 Å². The molecule has 0 aliphatic rings. The second-order valence-corrected chi connectivity index (χ2v) is 7.17. The van der Waals surface area contributed by atoms with Crippen molar-refractivity contribution in [1.29, 1.82) is 0 Å². The van der Waals surface area contributed by atoms with Crippen LogP contribution in [0.3, 0.4) is 0 Å². The molecule has 0 saturated heterocycles. The molecule has 0 radical (unpaired) electrons. The van der Waals surface area contributed by atoms with Crippen LogP contribution in [0.15, 0.2) is 72.8 Å². The highest BCUT2D eigenvalue weighted by Crippen LogP contribution is 2.19. The fraction of sp³-hybridized carbons (Fsp3) is 0.167. The third kappa shape index (κ3) is 6.09. The van der Waals surface area contributed by atoms with Gasteiger partial charge in [0.25, 0.3) is 11.8 Å². The summed E-state index contributed by atoms with van der Waals surface area (Å²) in [6, 6.07) is 20.7. The first-order valence-corrected chi connectivity index (χ1v) is 10.1. The number of anilines is 2. The van der Waals surface area contributed by atoms with Gasteiger partial charge in [0.15, 0.2) is 0 Å². The van der Waals surface area contributed by atoms with Crippen molar-refractivity contribution in [2.45, 2.75) is 19.8 Å². The molecule has 0 fully saturated rings. The number of ether oxygens (including phenoxy) is 1. The molecule has 0 bridgehead atoms. The Bertz CT molecular complexity index is 1040. The predicted molar refractivity (Wildman–Crippen MR) is 121 cm³/mol. The molecule has 0 spiro atoms. The first-order chi connectivity index (χ1) is 14.5. The van der Waals surface area contributed by atoms with Gasteiger partial charge >= 0.3 is 0 Å². The van der Waals surface area contributed by atoms with E-state index in [1.54, 1.807) is 66.7 Å². The third-order valence-corrected chi connectivity index (χ3v) is 4.56. The molecule has 0 saturated carbocycles. The second kappa shape index (κ2) is 10.5. The van der Waals surface area contributed by atoms with Gasteiger partial charge in [-0.15, -0.1) is 0 Å². The number of hydrogen-bond donors (Lipinski definition) is 2. The molecule has 2 N–H and O–H groups in total. The van der Waals surface area contributed by atoms with Crippen molar-refractivity contribution < 1.29 is 14.3 Å². The topological polar surface area (TPSA) is 67.4 Å². The Morgan fingerprint density at radius 1 is 0.833 bits per heavy atom. The van der Waals surface area contributed by atoms with Gasteiger partial charge < -0.3 is 15.4 Å². The number of hydrogen-bond acceptors (Lipinski definition) is 3. The molecule has 0 unspecified atom stereocenters. The summed E-state index contributed by atoms with van der Waals surface area (Å²) in [5, 5.41) is 6.15. The number of amides is 2. The van der Waals surface area contributed by atoms with Crippen LogP contribution < -0.4 is 15.4 Å². The lowest BCUT2D eigenvalue weighted by Gasteiger charge is -2.10. The van der Waals surface area contributed by atoms with Gasteiger partial charge in [-0.05, 0) is 61.0 Å². The van der Waals surface area contributed by atoms with Gasteiger partial charge in [0.2, 0.25) is 0 Å². The maximum Gasteiger partial charge on any atom is 0.255 e. The van der Waals surface area contributed by atoms with Crippen molar-refractivity contribution in [3.8, 4) is 5.75 Å². The molecular formula is C24H23ClN2O3. The van der Waals surface area contributed by atoms with Crippen LogP contribution in [0.4, 0.5) is 11.4 Å². The molecule has 0 aliphatic heterocycles. The zero-order chi connectivity index (χ0) is 21.3. The number of halogens is 1. The van der Waals surface area contributed by atoms with Gasteiger partial charge in [0.1, 0.15) is 5.75 Å². The fourth-order valence-corrected chi connectivity index (χ4v) is 2.96. The summed E-state index contributed by atoms with van der Waals surface area (Å²) in [6.45, 7) is 2.72. The Morgan fingerprint density at radius 3 is 2.07 bits per heavy atom. The molecular weight excluding hydrogens is 400 g/mol. The van der Waals surface area contributed by atoms with Crippen molar-refractivity contribution in [3.05, 3.63) is 88.9 Å². The Morgan fingerprint density at radius 2 is 1.43 bits per heavy atom. The van der Waals surface area contributed by atoms with Crippen molar-refractivity contribution in [2.75, 3.05) is 17.2 Å². The number of carbonyl (C=O) groups is 2. The summed E-state index contributed by atoms with van der Waals surface area (Å²) in [6.07, 6.45) is 2.01. The average Bonchev–Trinajstić information content (AvgIpc) is 2.74. The van der Waals surface area contributed by atoms with E-state index < -0.39 is 0 Å². The maximum absolute atomic E-state index is 12.6. The van der Waals surface area contributed by atoms with E-state index in [4.69, 9.17) is 16.3 Å². The lowest BCUT2D eigenvalue weighted by molar-refractivity contribution is 0.101. The SMILES string of the molecule is CCCCOc1cccc(C(=O)Nc2cccc(NC(=O)c3cccc(Cl)c3)c2)c1. The van der Waals surface area contributed by atoms with E-state index in [9.17, 15) is 9.59 Å². The highest BCUT2D eigenvalue weighted by molar-refractivity contribution is 6.31. The molecule has 0 aliphatic carbocycles. The Kier molecular flexibility index (Phi) is 7.46. The molecule has 30 heavy (non-hydrogen) atoms. The summed E-state index contributed by atoms with van der Waals surface area (Å²) >= 11 is 5.94. The summed E-state index contributed by atoms with van der Waals surface area (Å²) in [4.78, 5) is 25.0. The largest absolute Gasteiger partial charge is 0.494 e. The number of unbranched alkanes of at least 4 members (excludes halogenated alkanes) is 1. The Hall–Kier alpha value is -3.31. The van der Waals surface area contributed by atoms with Crippen molar-refractivity contribution in [3.63, 3.8) is 0 Å². The number of nitrogens with one attached hydrogen (secondary N) is 2. The van der Waals surface area contributed by atoms with Crippen LogP contribution >= 0.6 is 11.6 Å². The van der Waals surface area contributed by atoms with Crippen LogP contribution in [0.2, 0.25) is 5.02 Å². The summed E-state index contributed by atoms with van der Waals surface area (Å²) in [7, 11) is 0. The van der Waals surface area contributed by atoms with E-state index in [2.05, 4.69) is 17.6 Å². The smallest absolute Gasteiger partial charge is 0.255 e. The lowest BCUT2D eigenvalue weighted by atomic mass is 10.2. The monoisotopic (exact) mass is 422 g/mol. The minimum Gasteiger partial charge on any atom is -0.494 e. The molecule has 0 atom stereocenters. The minimum absolute atomic E-state index is 0.255. The quantitative estimate of drug-likeness (QED) is 0.436. The Labute approximate surface area is 181 Å². The Balaban J connectivity index is 1.65. The summed E-state index contributed by atoms with van der Waals surface area (Å²) in [5.41, 5.74) is 2.09. The van der Waals surface area contributed by atoms with Crippen LogP contribution in [-0.4, -0.2) is 18.4 Å². The molecule has 5 nitrogen and oxygen atoms in total. The molecule has 0 aromatic heterocycles. The number of benzene rings is 3. The van der Waals surface area contributed by atoms with Gasteiger partial charge in [-0.3, -0.25) is 9.59 Å². The minimum atomic E-state index is -0.280. The average molecular weight is 423 g/mol. The number of rotatable bonds is 8. The molecule has 3 aromatic rings. The summed E-state index contributed by atoms with van der Waals surface area (Å²) < 4.78 is 5.66. The highest BCUT2D eigenvalue weighted by atomic mass is 35.5. The van der Waals surface area contributed by atoms with E-state index in [-0.39, 0.29) is 11.8 Å². The number of carbonyl (C=O) groups excluding carboxylic acids is 2. The second-order valence-electron chi connectivity index (χ2n) is 6.73. The van der Waals surface area contributed by atoms with Gasteiger partial charge in [0, 0.05) is 27.5 Å². The fourth-order valence-electron chi connectivity index (χ4n) is 2.77. The zero-order valence-corrected chi connectivity index (χ0v) is 17.4. The van der Waals surface area contributed by atoms with Gasteiger partial charge in [-0.2, -0.15) is 0 Å². The third-order valence-electron chi connectivity index (χ3n) is 4.33. The van der Waals surface area contributed by atoms with E-state index in [1.807, 2.05) is 6.07 Å². The van der Waals surface area contributed by atoms with Crippen LogP contribution in [0.25, 0.3) is 0 Å². The molecule has 2 amide bonds. The predicted octanol–water partition coefficient (Wildman–Crippen LogP) is 6.02. The first-order valence-electron chi connectivity index (χ1n) is 9.76. The van der Waals surface area contributed by atoms with Crippen molar-refractivity contribution >= 4 is 34.8 Å². The van der Waals surface area contributed by atoms with E-state index in [0.29, 0.717) is 39.9 Å². The standard InChI is InChI=1S/C24H23ClN2O3/c1-2-3-13-30-22-12-5-8-18(15-22)24(29)27-21-11-6-10-20(16-21)26-23(28)17-7-4-9-19(25)14-17/h4-12,14-16H,2-3,13H2,1H3,(H,26,28)(H,27,29). The first kappa shape index (κ1) is 21.4. The maximum atomic E-state index is 12.6. The molecule has 6 heteroatoms. The lowest BCUT2D eigenvalue weighted by Crippen LogP contribution is -2.14. The molecule has 3 rings (SSSR count). The van der Waals surface area contributed by atoms with E-state index >= 15 is 0 Å². The van der Waals surface area contributed by atoms with Gasteiger partial charge in [-0.25, -0.2) is 0 Å². The molecule has 3 aromatic carbocycles. The van der Waals surface area contributed by atoms with Crippen LogP contribution in [0, 0.1) is 0 Å².